The molecule has 0 saturated carbocycles. The van der Waals surface area contributed by atoms with E-state index in [1.807, 2.05) is 42.7 Å². The molecular formula is C14H13N3. The van der Waals surface area contributed by atoms with Crippen LogP contribution in [0.1, 0.15) is 5.56 Å². The van der Waals surface area contributed by atoms with Crippen molar-refractivity contribution in [3.63, 3.8) is 0 Å². The summed E-state index contributed by atoms with van der Waals surface area (Å²) >= 11 is 0. The lowest BCUT2D eigenvalue weighted by Crippen LogP contribution is -1.94. The monoisotopic (exact) mass is 223 g/mol. The third kappa shape index (κ3) is 1.47. The van der Waals surface area contributed by atoms with Crippen LogP contribution < -0.4 is 5.73 Å². The van der Waals surface area contributed by atoms with Crippen molar-refractivity contribution in [3.05, 3.63) is 54.4 Å². The molecule has 2 N–H and O–H groups in total. The number of hydrogen-bond acceptors (Lipinski definition) is 2. The Hall–Kier alpha value is -2.29. The quantitative estimate of drug-likeness (QED) is 0.644. The first-order valence-corrected chi connectivity index (χ1v) is 5.55. The van der Waals surface area contributed by atoms with Crippen molar-refractivity contribution in [2.24, 2.45) is 0 Å². The number of nitrogens with two attached hydrogens (primary N) is 1. The van der Waals surface area contributed by atoms with Gasteiger partial charge < -0.3 is 5.73 Å². The van der Waals surface area contributed by atoms with Gasteiger partial charge in [-0.2, -0.15) is 0 Å². The molecule has 0 amide bonds. The predicted octanol–water partition coefficient (Wildman–Crippen LogP) is 2.89. The van der Waals surface area contributed by atoms with E-state index >= 15 is 0 Å². The van der Waals surface area contributed by atoms with Crippen molar-refractivity contribution in [1.82, 2.24) is 9.38 Å². The van der Waals surface area contributed by atoms with Crippen LogP contribution in [0.15, 0.2) is 48.8 Å². The molecule has 0 aliphatic heterocycles. The highest BCUT2D eigenvalue weighted by Gasteiger charge is 2.09. The normalized spacial score (nSPS) is 10.9. The standard InChI is InChI=1S/C14H13N3/c1-10-5-4-8-17-13(10)9-16-14(17)11-6-2-3-7-12(11)15/h2-9H,15H2,1H3. The molecule has 2 heterocycles. The molecule has 84 valence electrons. The number of nitrogens with zero attached hydrogens (tertiary/aromatic N) is 2. The van der Waals surface area contributed by atoms with Gasteiger partial charge in [0.05, 0.1) is 11.7 Å². The molecule has 3 nitrogen and oxygen atoms in total. The van der Waals surface area contributed by atoms with Crippen molar-refractivity contribution in [2.45, 2.75) is 6.92 Å². The number of pyridine rings is 1. The molecule has 0 spiro atoms. The third-order valence-corrected chi connectivity index (χ3v) is 2.98. The van der Waals surface area contributed by atoms with E-state index < -0.39 is 0 Å². The maximum absolute atomic E-state index is 5.99. The number of nitrogen functional groups attached to an aromatic ring is 1. The molecule has 0 unspecified atom stereocenters. The summed E-state index contributed by atoms with van der Waals surface area (Å²) in [6.07, 6.45) is 3.90. The summed E-state index contributed by atoms with van der Waals surface area (Å²) in [6.45, 7) is 2.08. The highest BCUT2D eigenvalue weighted by atomic mass is 15.0. The molecule has 0 aliphatic carbocycles. The number of aromatic nitrogens is 2. The smallest absolute Gasteiger partial charge is 0.146 e. The molecule has 0 bridgehead atoms. The maximum atomic E-state index is 5.99. The third-order valence-electron chi connectivity index (χ3n) is 2.98. The average Bonchev–Trinajstić information content (AvgIpc) is 2.75. The van der Waals surface area contributed by atoms with E-state index in [-0.39, 0.29) is 0 Å². The number of rotatable bonds is 1. The van der Waals surface area contributed by atoms with Crippen LogP contribution in [0.5, 0.6) is 0 Å². The lowest BCUT2D eigenvalue weighted by atomic mass is 10.1. The van der Waals surface area contributed by atoms with Crippen LogP contribution in [-0.2, 0) is 0 Å². The zero-order valence-electron chi connectivity index (χ0n) is 9.59. The lowest BCUT2D eigenvalue weighted by Gasteiger charge is -2.05. The van der Waals surface area contributed by atoms with Gasteiger partial charge in [0.15, 0.2) is 0 Å². The number of hydrogen-bond donors (Lipinski definition) is 1. The van der Waals surface area contributed by atoms with Gasteiger partial charge in [-0.1, -0.05) is 18.2 Å². The summed E-state index contributed by atoms with van der Waals surface area (Å²) in [7, 11) is 0. The van der Waals surface area contributed by atoms with Crippen LogP contribution in [-0.4, -0.2) is 9.38 Å². The highest BCUT2D eigenvalue weighted by Crippen LogP contribution is 2.25. The SMILES string of the molecule is Cc1cccn2c(-c3ccccc3N)ncc12. The topological polar surface area (TPSA) is 43.3 Å². The Morgan fingerprint density at radius 1 is 1.12 bits per heavy atom. The Labute approximate surface area is 99.5 Å². The first kappa shape index (κ1) is 9.90. The second-order valence-electron chi connectivity index (χ2n) is 4.12. The van der Waals surface area contributed by atoms with Crippen molar-refractivity contribution < 1.29 is 0 Å². The Morgan fingerprint density at radius 3 is 2.76 bits per heavy atom. The van der Waals surface area contributed by atoms with E-state index in [2.05, 4.69) is 22.4 Å². The van der Waals surface area contributed by atoms with Gasteiger partial charge in [0.25, 0.3) is 0 Å². The molecule has 0 saturated heterocycles. The van der Waals surface area contributed by atoms with Gasteiger partial charge in [0, 0.05) is 17.4 Å². The molecule has 3 heteroatoms. The minimum absolute atomic E-state index is 0.751. The molecule has 1 aromatic carbocycles. The van der Waals surface area contributed by atoms with Crippen LogP contribution in [0, 0.1) is 6.92 Å². The molecule has 17 heavy (non-hydrogen) atoms. The summed E-state index contributed by atoms with van der Waals surface area (Å²) in [4.78, 5) is 4.47. The van der Waals surface area contributed by atoms with E-state index in [1.54, 1.807) is 0 Å². The van der Waals surface area contributed by atoms with E-state index in [0.717, 1.165) is 22.6 Å². The van der Waals surface area contributed by atoms with Crippen LogP contribution in [0.4, 0.5) is 5.69 Å². The molecule has 0 fully saturated rings. The molecule has 3 rings (SSSR count). The zero-order chi connectivity index (χ0) is 11.8. The first-order chi connectivity index (χ1) is 8.27. The molecule has 3 aromatic rings. The second-order valence-corrected chi connectivity index (χ2v) is 4.12. The summed E-state index contributed by atoms with van der Waals surface area (Å²) < 4.78 is 2.07. The maximum Gasteiger partial charge on any atom is 0.146 e. The van der Waals surface area contributed by atoms with Gasteiger partial charge in [-0.05, 0) is 30.7 Å². The van der Waals surface area contributed by atoms with E-state index in [1.165, 1.54) is 5.56 Å². The first-order valence-electron chi connectivity index (χ1n) is 5.55. The van der Waals surface area contributed by atoms with Crippen LogP contribution >= 0.6 is 0 Å². The average molecular weight is 223 g/mol. The molecular weight excluding hydrogens is 210 g/mol. The van der Waals surface area contributed by atoms with Gasteiger partial charge >= 0.3 is 0 Å². The van der Waals surface area contributed by atoms with Gasteiger partial charge in [-0.25, -0.2) is 4.98 Å². The van der Waals surface area contributed by atoms with Crippen molar-refractivity contribution in [3.8, 4) is 11.4 Å². The van der Waals surface area contributed by atoms with Crippen LogP contribution in [0.25, 0.3) is 16.9 Å². The number of imidazole rings is 1. The van der Waals surface area contributed by atoms with Gasteiger partial charge in [0.2, 0.25) is 0 Å². The van der Waals surface area contributed by atoms with Crippen molar-refractivity contribution in [1.29, 1.82) is 0 Å². The summed E-state index contributed by atoms with van der Waals surface area (Å²) in [5.41, 5.74) is 10.0. The Balaban J connectivity index is 2.33. The number of aryl methyl sites for hydroxylation is 1. The number of benzene rings is 1. The summed E-state index contributed by atoms with van der Waals surface area (Å²) in [5.74, 6) is 0.891. The minimum Gasteiger partial charge on any atom is -0.398 e. The molecule has 0 radical (unpaired) electrons. The number of para-hydroxylation sites is 1. The van der Waals surface area contributed by atoms with Crippen molar-refractivity contribution >= 4 is 11.2 Å². The largest absolute Gasteiger partial charge is 0.398 e. The minimum atomic E-state index is 0.751. The van der Waals surface area contributed by atoms with E-state index in [0.29, 0.717) is 0 Å². The highest BCUT2D eigenvalue weighted by molar-refractivity contribution is 5.74. The van der Waals surface area contributed by atoms with Gasteiger partial charge in [0.1, 0.15) is 5.82 Å². The molecule has 0 atom stereocenters. The van der Waals surface area contributed by atoms with Gasteiger partial charge in [-0.15, -0.1) is 0 Å². The van der Waals surface area contributed by atoms with Crippen molar-refractivity contribution in [2.75, 3.05) is 5.73 Å². The fraction of sp³-hybridized carbons (Fsp3) is 0.0714. The van der Waals surface area contributed by atoms with E-state index in [9.17, 15) is 0 Å². The summed E-state index contributed by atoms with van der Waals surface area (Å²) in [6, 6.07) is 11.9. The van der Waals surface area contributed by atoms with E-state index in [4.69, 9.17) is 5.73 Å². The Bertz CT molecular complexity index is 683. The predicted molar refractivity (Wildman–Crippen MR) is 69.8 cm³/mol. The number of anilines is 1. The molecule has 2 aromatic heterocycles. The Kier molecular flexibility index (Phi) is 2.11. The fourth-order valence-electron chi connectivity index (χ4n) is 2.06. The lowest BCUT2D eigenvalue weighted by molar-refractivity contribution is 1.15. The zero-order valence-corrected chi connectivity index (χ0v) is 9.59. The fourth-order valence-corrected chi connectivity index (χ4v) is 2.06. The van der Waals surface area contributed by atoms with Gasteiger partial charge in [-0.3, -0.25) is 4.40 Å². The summed E-state index contributed by atoms with van der Waals surface area (Å²) in [5, 5.41) is 0. The Morgan fingerprint density at radius 2 is 1.94 bits per heavy atom. The van der Waals surface area contributed by atoms with Crippen LogP contribution in [0.3, 0.4) is 0 Å². The second kappa shape index (κ2) is 3.63. The number of fused-ring (bicyclic) bond motifs is 1. The molecule has 0 aliphatic rings. The van der Waals surface area contributed by atoms with Crippen LogP contribution in [0.2, 0.25) is 0 Å².